The number of rotatable bonds is 9. The maximum atomic E-state index is 9.54. The summed E-state index contributed by atoms with van der Waals surface area (Å²) in [5, 5.41) is 13.0. The molecule has 3 nitrogen and oxygen atoms in total. The van der Waals surface area contributed by atoms with E-state index in [1.54, 1.807) is 0 Å². The van der Waals surface area contributed by atoms with Crippen LogP contribution in [0.15, 0.2) is 0 Å². The molecule has 1 heterocycles. The van der Waals surface area contributed by atoms with Gasteiger partial charge in [-0.25, -0.2) is 0 Å². The second-order valence-electron chi connectivity index (χ2n) is 6.84. The molecular formula is C16H34N2O. The predicted molar refractivity (Wildman–Crippen MR) is 82.4 cm³/mol. The molecule has 0 radical (unpaired) electrons. The van der Waals surface area contributed by atoms with E-state index in [1.165, 1.54) is 32.5 Å². The van der Waals surface area contributed by atoms with Gasteiger partial charge >= 0.3 is 0 Å². The summed E-state index contributed by atoms with van der Waals surface area (Å²) in [6.07, 6.45) is 4.73. The Labute approximate surface area is 119 Å². The average Bonchev–Trinajstić information content (AvgIpc) is 2.85. The van der Waals surface area contributed by atoms with E-state index in [4.69, 9.17) is 0 Å². The van der Waals surface area contributed by atoms with E-state index in [9.17, 15) is 5.11 Å². The normalized spacial score (nSPS) is 24.0. The maximum Gasteiger partial charge on any atom is 0.0610 e. The minimum Gasteiger partial charge on any atom is -0.394 e. The van der Waals surface area contributed by atoms with Gasteiger partial charge in [-0.05, 0) is 64.1 Å². The molecule has 1 aliphatic heterocycles. The van der Waals surface area contributed by atoms with Crippen molar-refractivity contribution in [3.05, 3.63) is 0 Å². The van der Waals surface area contributed by atoms with Crippen molar-refractivity contribution in [1.82, 2.24) is 10.2 Å². The summed E-state index contributed by atoms with van der Waals surface area (Å²) in [4.78, 5) is 2.60. The first-order chi connectivity index (χ1) is 9.00. The molecule has 114 valence electrons. The van der Waals surface area contributed by atoms with Crippen molar-refractivity contribution >= 4 is 0 Å². The summed E-state index contributed by atoms with van der Waals surface area (Å²) >= 11 is 0. The number of aliphatic hydroxyl groups is 1. The zero-order chi connectivity index (χ0) is 14.3. The lowest BCUT2D eigenvalue weighted by Crippen LogP contribution is -2.46. The number of nitrogens with one attached hydrogen (secondary N) is 1. The molecule has 3 heteroatoms. The van der Waals surface area contributed by atoms with Crippen LogP contribution in [0.25, 0.3) is 0 Å². The number of likely N-dealkylation sites (tertiary alicyclic amines) is 1. The highest BCUT2D eigenvalue weighted by atomic mass is 16.3. The van der Waals surface area contributed by atoms with Gasteiger partial charge in [0, 0.05) is 12.1 Å². The second kappa shape index (κ2) is 8.23. The van der Waals surface area contributed by atoms with Crippen LogP contribution in [0.1, 0.15) is 53.4 Å². The zero-order valence-corrected chi connectivity index (χ0v) is 13.4. The summed E-state index contributed by atoms with van der Waals surface area (Å²) in [5.41, 5.74) is -0.0901. The molecule has 2 unspecified atom stereocenters. The first-order valence-corrected chi connectivity index (χ1v) is 8.09. The van der Waals surface area contributed by atoms with Crippen LogP contribution in [-0.2, 0) is 0 Å². The molecule has 0 aromatic rings. The van der Waals surface area contributed by atoms with Gasteiger partial charge in [-0.3, -0.25) is 0 Å². The first kappa shape index (κ1) is 16.9. The third-order valence-corrected chi connectivity index (χ3v) is 4.61. The van der Waals surface area contributed by atoms with Crippen molar-refractivity contribution in [2.75, 3.05) is 32.8 Å². The van der Waals surface area contributed by atoms with E-state index < -0.39 is 0 Å². The summed E-state index contributed by atoms with van der Waals surface area (Å²) < 4.78 is 0. The minimum absolute atomic E-state index is 0.0901. The van der Waals surface area contributed by atoms with Crippen LogP contribution in [0.5, 0.6) is 0 Å². The molecule has 2 N–H and O–H groups in total. The van der Waals surface area contributed by atoms with Crippen LogP contribution in [0.4, 0.5) is 0 Å². The highest BCUT2D eigenvalue weighted by Gasteiger charge is 2.26. The Morgan fingerprint density at radius 1 is 1.42 bits per heavy atom. The predicted octanol–water partition coefficient (Wildman–Crippen LogP) is 2.50. The smallest absolute Gasteiger partial charge is 0.0610 e. The van der Waals surface area contributed by atoms with Crippen molar-refractivity contribution in [1.29, 1.82) is 0 Å². The highest BCUT2D eigenvalue weighted by Crippen LogP contribution is 2.24. The fourth-order valence-electron chi connectivity index (χ4n) is 2.95. The van der Waals surface area contributed by atoms with E-state index in [-0.39, 0.29) is 12.1 Å². The van der Waals surface area contributed by atoms with Crippen molar-refractivity contribution in [2.45, 2.75) is 58.9 Å². The van der Waals surface area contributed by atoms with Crippen LogP contribution in [0, 0.1) is 11.8 Å². The molecule has 2 atom stereocenters. The Kier molecular flexibility index (Phi) is 7.33. The molecule has 19 heavy (non-hydrogen) atoms. The van der Waals surface area contributed by atoms with E-state index in [2.05, 4.69) is 37.9 Å². The third kappa shape index (κ3) is 5.80. The number of hydrogen-bond acceptors (Lipinski definition) is 3. The molecule has 0 aliphatic carbocycles. The SMILES string of the molecule is CCCNC(C)(CO)CCCN1CCC(C(C)C)C1. The Morgan fingerprint density at radius 2 is 2.16 bits per heavy atom. The van der Waals surface area contributed by atoms with Crippen LogP contribution in [-0.4, -0.2) is 48.3 Å². The van der Waals surface area contributed by atoms with Gasteiger partial charge in [-0.15, -0.1) is 0 Å². The van der Waals surface area contributed by atoms with Gasteiger partial charge < -0.3 is 15.3 Å². The molecule has 0 amide bonds. The van der Waals surface area contributed by atoms with E-state index >= 15 is 0 Å². The van der Waals surface area contributed by atoms with Crippen LogP contribution >= 0.6 is 0 Å². The fraction of sp³-hybridized carbons (Fsp3) is 1.00. The zero-order valence-electron chi connectivity index (χ0n) is 13.4. The topological polar surface area (TPSA) is 35.5 Å². The van der Waals surface area contributed by atoms with Crippen LogP contribution < -0.4 is 5.32 Å². The standard InChI is InChI=1S/C16H34N2O/c1-5-9-17-16(4,13-19)8-6-10-18-11-7-15(12-18)14(2)3/h14-15,17,19H,5-13H2,1-4H3. The van der Waals surface area contributed by atoms with Crippen LogP contribution in [0.3, 0.4) is 0 Å². The minimum atomic E-state index is -0.0901. The van der Waals surface area contributed by atoms with Crippen molar-refractivity contribution in [3.63, 3.8) is 0 Å². The summed E-state index contributed by atoms with van der Waals surface area (Å²) in [6.45, 7) is 13.9. The number of aliphatic hydroxyl groups excluding tert-OH is 1. The molecule has 1 rings (SSSR count). The molecule has 0 saturated carbocycles. The Hall–Kier alpha value is -0.120. The van der Waals surface area contributed by atoms with Gasteiger partial charge in [-0.2, -0.15) is 0 Å². The lowest BCUT2D eigenvalue weighted by atomic mass is 9.95. The van der Waals surface area contributed by atoms with Crippen molar-refractivity contribution < 1.29 is 5.11 Å². The highest BCUT2D eigenvalue weighted by molar-refractivity contribution is 4.83. The van der Waals surface area contributed by atoms with Crippen molar-refractivity contribution in [3.8, 4) is 0 Å². The molecule has 1 aliphatic rings. The Bertz CT molecular complexity index is 245. The molecule has 0 aromatic heterocycles. The Balaban J connectivity index is 2.22. The van der Waals surface area contributed by atoms with E-state index in [0.29, 0.717) is 0 Å². The first-order valence-electron chi connectivity index (χ1n) is 8.09. The van der Waals surface area contributed by atoms with Gasteiger partial charge in [0.05, 0.1) is 6.61 Å². The lowest BCUT2D eigenvalue weighted by molar-refractivity contribution is 0.158. The second-order valence-corrected chi connectivity index (χ2v) is 6.84. The van der Waals surface area contributed by atoms with Gasteiger partial charge in [0.15, 0.2) is 0 Å². The van der Waals surface area contributed by atoms with Crippen molar-refractivity contribution in [2.24, 2.45) is 11.8 Å². The summed E-state index contributed by atoms with van der Waals surface area (Å²) in [5.74, 6) is 1.71. The number of nitrogens with zero attached hydrogens (tertiary/aromatic N) is 1. The molecule has 1 fully saturated rings. The lowest BCUT2D eigenvalue weighted by Gasteiger charge is -2.29. The molecule has 0 aromatic carbocycles. The summed E-state index contributed by atoms with van der Waals surface area (Å²) in [6, 6.07) is 0. The molecule has 0 bridgehead atoms. The maximum absolute atomic E-state index is 9.54. The van der Waals surface area contributed by atoms with E-state index in [0.717, 1.165) is 31.2 Å². The summed E-state index contributed by atoms with van der Waals surface area (Å²) in [7, 11) is 0. The third-order valence-electron chi connectivity index (χ3n) is 4.61. The number of hydrogen-bond donors (Lipinski definition) is 2. The van der Waals surface area contributed by atoms with E-state index in [1.807, 2.05) is 0 Å². The van der Waals surface area contributed by atoms with Gasteiger partial charge in [-0.1, -0.05) is 20.8 Å². The van der Waals surface area contributed by atoms with Gasteiger partial charge in [0.2, 0.25) is 0 Å². The molecule has 1 saturated heterocycles. The average molecular weight is 270 g/mol. The largest absolute Gasteiger partial charge is 0.394 e. The Morgan fingerprint density at radius 3 is 2.68 bits per heavy atom. The van der Waals surface area contributed by atoms with Crippen LogP contribution in [0.2, 0.25) is 0 Å². The molecule has 0 spiro atoms. The van der Waals surface area contributed by atoms with Gasteiger partial charge in [0.1, 0.15) is 0 Å². The van der Waals surface area contributed by atoms with Gasteiger partial charge in [0.25, 0.3) is 0 Å². The quantitative estimate of drug-likeness (QED) is 0.676. The molecular weight excluding hydrogens is 236 g/mol. The fourth-order valence-corrected chi connectivity index (χ4v) is 2.95. The monoisotopic (exact) mass is 270 g/mol.